The summed E-state index contributed by atoms with van der Waals surface area (Å²) in [6, 6.07) is 0. The average molecular weight is 114 g/mol. The van der Waals surface area contributed by atoms with Gasteiger partial charge in [0.2, 0.25) is 0 Å². The molecule has 1 heterocycles. The first-order valence-corrected chi connectivity index (χ1v) is 3.50. The third-order valence-electron chi connectivity index (χ3n) is 1.12. The largest absolute Gasteiger partial charge is 0.128 e. The number of hydrogen-bond donors (Lipinski definition) is 0. The minimum atomic E-state index is 0.847. The van der Waals surface area contributed by atoms with Crippen LogP contribution in [-0.4, -0.2) is 5.25 Å². The maximum atomic E-state index is 2.30. The molecule has 0 aromatic heterocycles. The van der Waals surface area contributed by atoms with E-state index in [0.29, 0.717) is 0 Å². The minimum Gasteiger partial charge on any atom is -0.128 e. The molecule has 0 radical (unpaired) electrons. The van der Waals surface area contributed by atoms with Crippen LogP contribution >= 0.6 is 11.8 Å². The van der Waals surface area contributed by atoms with Gasteiger partial charge in [0.15, 0.2) is 0 Å². The van der Waals surface area contributed by atoms with E-state index in [9.17, 15) is 0 Å². The van der Waals surface area contributed by atoms with Gasteiger partial charge in [-0.25, -0.2) is 0 Å². The lowest BCUT2D eigenvalue weighted by Crippen LogP contribution is -1.83. The Kier molecular flexibility index (Phi) is 1.43. The SMILES string of the molecule is CC1=CCC(C)S1. The van der Waals surface area contributed by atoms with Gasteiger partial charge in [-0.05, 0) is 18.2 Å². The van der Waals surface area contributed by atoms with Gasteiger partial charge in [0, 0.05) is 5.25 Å². The smallest absolute Gasteiger partial charge is 0.00975 e. The fraction of sp³-hybridized carbons (Fsp3) is 0.667. The Balaban J connectivity index is 2.42. The molecule has 1 rings (SSSR count). The van der Waals surface area contributed by atoms with Crippen LogP contribution in [0.2, 0.25) is 0 Å². The van der Waals surface area contributed by atoms with Gasteiger partial charge in [-0.2, -0.15) is 0 Å². The molecule has 1 atom stereocenters. The highest BCUT2D eigenvalue weighted by Gasteiger charge is 2.07. The first kappa shape index (κ1) is 5.23. The van der Waals surface area contributed by atoms with Crippen molar-refractivity contribution in [2.45, 2.75) is 25.5 Å². The highest BCUT2D eigenvalue weighted by atomic mass is 32.2. The summed E-state index contributed by atoms with van der Waals surface area (Å²) in [5, 5.41) is 0.847. The second-order valence-electron chi connectivity index (χ2n) is 1.98. The summed E-state index contributed by atoms with van der Waals surface area (Å²) < 4.78 is 0. The molecule has 1 unspecified atom stereocenters. The highest BCUT2D eigenvalue weighted by molar-refractivity contribution is 8.03. The molecule has 0 bridgehead atoms. The van der Waals surface area contributed by atoms with Crippen LogP contribution in [0.25, 0.3) is 0 Å². The van der Waals surface area contributed by atoms with Crippen LogP contribution in [0.5, 0.6) is 0 Å². The lowest BCUT2D eigenvalue weighted by Gasteiger charge is -1.95. The summed E-state index contributed by atoms with van der Waals surface area (Å²) in [6.45, 7) is 4.44. The molecule has 0 amide bonds. The van der Waals surface area contributed by atoms with E-state index in [0.717, 1.165) is 5.25 Å². The normalized spacial score (nSPS) is 30.6. The minimum absolute atomic E-state index is 0.847. The van der Waals surface area contributed by atoms with Crippen molar-refractivity contribution in [1.82, 2.24) is 0 Å². The molecular weight excluding hydrogens is 104 g/mol. The standard InChI is InChI=1S/C6H10S/c1-5-3-4-6(2)7-5/h3,6H,4H2,1-2H3. The average Bonchev–Trinajstić information content (AvgIpc) is 1.87. The van der Waals surface area contributed by atoms with Crippen molar-refractivity contribution in [2.24, 2.45) is 0 Å². The summed E-state index contributed by atoms with van der Waals surface area (Å²) in [6.07, 6.45) is 3.58. The molecule has 0 nitrogen and oxygen atoms in total. The second-order valence-corrected chi connectivity index (χ2v) is 3.66. The van der Waals surface area contributed by atoms with Crippen molar-refractivity contribution in [3.8, 4) is 0 Å². The van der Waals surface area contributed by atoms with Crippen molar-refractivity contribution in [1.29, 1.82) is 0 Å². The van der Waals surface area contributed by atoms with Crippen molar-refractivity contribution in [2.75, 3.05) is 0 Å². The maximum absolute atomic E-state index is 2.30. The van der Waals surface area contributed by atoms with Gasteiger partial charge in [0.05, 0.1) is 0 Å². The van der Waals surface area contributed by atoms with Crippen LogP contribution in [0.15, 0.2) is 11.0 Å². The zero-order valence-corrected chi connectivity index (χ0v) is 5.59. The van der Waals surface area contributed by atoms with E-state index in [1.165, 1.54) is 11.3 Å². The molecule has 7 heavy (non-hydrogen) atoms. The van der Waals surface area contributed by atoms with Gasteiger partial charge < -0.3 is 0 Å². The van der Waals surface area contributed by atoms with E-state index < -0.39 is 0 Å². The van der Waals surface area contributed by atoms with E-state index in [1.54, 1.807) is 0 Å². The zero-order chi connectivity index (χ0) is 5.28. The Bertz CT molecular complexity index is 94.4. The van der Waals surface area contributed by atoms with Gasteiger partial charge in [0.1, 0.15) is 0 Å². The molecule has 0 aliphatic carbocycles. The van der Waals surface area contributed by atoms with Crippen molar-refractivity contribution >= 4 is 11.8 Å². The van der Waals surface area contributed by atoms with Crippen molar-refractivity contribution < 1.29 is 0 Å². The van der Waals surface area contributed by atoms with Gasteiger partial charge in [-0.15, -0.1) is 11.8 Å². The predicted octanol–water partition coefficient (Wildman–Crippen LogP) is 2.42. The molecule has 0 saturated carbocycles. The highest BCUT2D eigenvalue weighted by Crippen LogP contribution is 2.30. The molecule has 1 aliphatic rings. The Morgan fingerprint density at radius 1 is 1.86 bits per heavy atom. The first-order chi connectivity index (χ1) is 3.29. The maximum Gasteiger partial charge on any atom is 0.00975 e. The van der Waals surface area contributed by atoms with E-state index in [-0.39, 0.29) is 0 Å². The Morgan fingerprint density at radius 3 is 2.71 bits per heavy atom. The molecule has 0 saturated heterocycles. The van der Waals surface area contributed by atoms with Gasteiger partial charge in [-0.3, -0.25) is 0 Å². The number of hydrogen-bond acceptors (Lipinski definition) is 1. The van der Waals surface area contributed by atoms with Crippen LogP contribution in [0.4, 0.5) is 0 Å². The van der Waals surface area contributed by atoms with Crippen molar-refractivity contribution in [3.05, 3.63) is 11.0 Å². The Hall–Kier alpha value is 0.0900. The number of rotatable bonds is 0. The molecule has 1 heteroatoms. The summed E-state index contributed by atoms with van der Waals surface area (Å²) in [7, 11) is 0. The Labute approximate surface area is 49.0 Å². The lowest BCUT2D eigenvalue weighted by atomic mass is 10.3. The number of allylic oxidation sites excluding steroid dienone is 2. The van der Waals surface area contributed by atoms with Crippen LogP contribution in [0.1, 0.15) is 20.3 Å². The number of thioether (sulfide) groups is 1. The van der Waals surface area contributed by atoms with E-state index >= 15 is 0 Å². The summed E-state index contributed by atoms with van der Waals surface area (Å²) in [5.41, 5.74) is 0. The second kappa shape index (κ2) is 1.91. The molecule has 0 spiro atoms. The van der Waals surface area contributed by atoms with Crippen LogP contribution in [-0.2, 0) is 0 Å². The molecule has 0 aromatic carbocycles. The van der Waals surface area contributed by atoms with Gasteiger partial charge in [-0.1, -0.05) is 13.0 Å². The third-order valence-corrected chi connectivity index (χ3v) is 2.26. The monoisotopic (exact) mass is 114 g/mol. The zero-order valence-electron chi connectivity index (χ0n) is 4.77. The predicted molar refractivity (Wildman–Crippen MR) is 35.4 cm³/mol. The van der Waals surface area contributed by atoms with Crippen molar-refractivity contribution in [3.63, 3.8) is 0 Å². The summed E-state index contributed by atoms with van der Waals surface area (Å²) in [4.78, 5) is 1.49. The molecule has 0 fully saturated rings. The van der Waals surface area contributed by atoms with Crippen LogP contribution in [0.3, 0.4) is 0 Å². The molecular formula is C6H10S. The topological polar surface area (TPSA) is 0 Å². The molecule has 0 N–H and O–H groups in total. The summed E-state index contributed by atoms with van der Waals surface area (Å²) in [5.74, 6) is 0. The summed E-state index contributed by atoms with van der Waals surface area (Å²) >= 11 is 1.98. The first-order valence-electron chi connectivity index (χ1n) is 2.62. The van der Waals surface area contributed by atoms with Crippen LogP contribution < -0.4 is 0 Å². The van der Waals surface area contributed by atoms with E-state index in [1.807, 2.05) is 11.8 Å². The fourth-order valence-corrected chi connectivity index (χ4v) is 1.77. The third kappa shape index (κ3) is 1.23. The molecule has 0 aromatic rings. The van der Waals surface area contributed by atoms with Crippen LogP contribution in [0, 0.1) is 0 Å². The molecule has 40 valence electrons. The van der Waals surface area contributed by atoms with Gasteiger partial charge in [0.25, 0.3) is 0 Å². The fourth-order valence-electron chi connectivity index (χ4n) is 0.745. The molecule has 1 aliphatic heterocycles. The quantitative estimate of drug-likeness (QED) is 0.466. The Morgan fingerprint density at radius 2 is 2.57 bits per heavy atom. The van der Waals surface area contributed by atoms with E-state index in [4.69, 9.17) is 0 Å². The lowest BCUT2D eigenvalue weighted by molar-refractivity contribution is 1.00. The van der Waals surface area contributed by atoms with E-state index in [2.05, 4.69) is 19.9 Å². The van der Waals surface area contributed by atoms with Gasteiger partial charge >= 0.3 is 0 Å².